The smallest absolute Gasteiger partial charge is 0.251 e. The van der Waals surface area contributed by atoms with E-state index in [4.69, 9.17) is 0 Å². The molecule has 3 N–H and O–H groups in total. The Labute approximate surface area is 123 Å². The van der Waals surface area contributed by atoms with Crippen LogP contribution in [0.25, 0.3) is 0 Å². The lowest BCUT2D eigenvalue weighted by Gasteiger charge is -2.21. The molecule has 2 rings (SSSR count). The second-order valence-electron chi connectivity index (χ2n) is 5.10. The summed E-state index contributed by atoms with van der Waals surface area (Å²) in [5.41, 5.74) is 0.402. The number of hydrogen-bond acceptors (Lipinski definition) is 3. The van der Waals surface area contributed by atoms with E-state index in [1.165, 1.54) is 24.3 Å². The predicted molar refractivity (Wildman–Crippen MR) is 77.3 cm³/mol. The number of benzene rings is 1. The van der Waals surface area contributed by atoms with Gasteiger partial charge in [-0.25, -0.2) is 4.39 Å². The van der Waals surface area contributed by atoms with Crippen molar-refractivity contribution in [2.75, 3.05) is 26.2 Å². The van der Waals surface area contributed by atoms with E-state index >= 15 is 0 Å². The zero-order chi connectivity index (χ0) is 15.1. The molecular formula is C15H20FN3O2. The van der Waals surface area contributed by atoms with Crippen molar-refractivity contribution in [2.24, 2.45) is 5.92 Å². The maximum Gasteiger partial charge on any atom is 0.251 e. The molecule has 0 spiro atoms. The zero-order valence-corrected chi connectivity index (χ0v) is 11.8. The van der Waals surface area contributed by atoms with Crippen LogP contribution in [0.15, 0.2) is 24.3 Å². The Kier molecular flexibility index (Phi) is 5.68. The fourth-order valence-corrected chi connectivity index (χ4v) is 2.29. The fourth-order valence-electron chi connectivity index (χ4n) is 2.29. The van der Waals surface area contributed by atoms with Gasteiger partial charge in [0.05, 0.1) is 5.92 Å². The quantitative estimate of drug-likeness (QED) is 0.699. The van der Waals surface area contributed by atoms with Crippen molar-refractivity contribution in [3.8, 4) is 0 Å². The van der Waals surface area contributed by atoms with Crippen LogP contribution in [-0.2, 0) is 4.79 Å². The van der Waals surface area contributed by atoms with Gasteiger partial charge in [0.2, 0.25) is 5.91 Å². The molecular weight excluding hydrogens is 273 g/mol. The molecule has 1 fully saturated rings. The topological polar surface area (TPSA) is 70.2 Å². The SMILES string of the molecule is O=C(NCCNC(=O)C1CCCNC1)c1ccc(F)cc1. The van der Waals surface area contributed by atoms with Gasteiger partial charge in [-0.1, -0.05) is 0 Å². The highest BCUT2D eigenvalue weighted by molar-refractivity contribution is 5.94. The lowest BCUT2D eigenvalue weighted by molar-refractivity contribution is -0.125. The summed E-state index contributed by atoms with van der Waals surface area (Å²) < 4.78 is 12.7. The molecule has 21 heavy (non-hydrogen) atoms. The Morgan fingerprint density at radius 1 is 1.19 bits per heavy atom. The molecule has 1 heterocycles. The number of carbonyl (C=O) groups is 2. The van der Waals surface area contributed by atoms with E-state index in [1.807, 2.05) is 0 Å². The average molecular weight is 293 g/mol. The number of rotatable bonds is 5. The third kappa shape index (κ3) is 4.82. The summed E-state index contributed by atoms with van der Waals surface area (Å²) in [5, 5.41) is 8.69. The minimum absolute atomic E-state index is 0.0200. The molecule has 1 saturated heterocycles. The molecule has 1 unspecified atom stereocenters. The minimum Gasteiger partial charge on any atom is -0.354 e. The van der Waals surface area contributed by atoms with Crippen LogP contribution in [0, 0.1) is 11.7 Å². The van der Waals surface area contributed by atoms with E-state index in [0.29, 0.717) is 25.2 Å². The van der Waals surface area contributed by atoms with Crippen LogP contribution in [0.4, 0.5) is 4.39 Å². The largest absolute Gasteiger partial charge is 0.354 e. The van der Waals surface area contributed by atoms with E-state index in [1.54, 1.807) is 0 Å². The van der Waals surface area contributed by atoms with Gasteiger partial charge in [-0.05, 0) is 43.7 Å². The Morgan fingerprint density at radius 3 is 2.57 bits per heavy atom. The monoisotopic (exact) mass is 293 g/mol. The zero-order valence-electron chi connectivity index (χ0n) is 11.8. The molecule has 2 amide bonds. The maximum absolute atomic E-state index is 12.7. The highest BCUT2D eigenvalue weighted by Crippen LogP contribution is 2.09. The normalized spacial score (nSPS) is 18.0. The van der Waals surface area contributed by atoms with Crippen molar-refractivity contribution in [1.29, 1.82) is 0 Å². The standard InChI is InChI=1S/C15H20FN3O2/c16-13-5-3-11(4-6-13)14(20)18-8-9-19-15(21)12-2-1-7-17-10-12/h3-6,12,17H,1-2,7-10H2,(H,18,20)(H,19,21). The van der Waals surface area contributed by atoms with Gasteiger partial charge in [-0.3, -0.25) is 9.59 Å². The highest BCUT2D eigenvalue weighted by Gasteiger charge is 2.20. The first-order chi connectivity index (χ1) is 10.2. The molecule has 114 valence electrons. The average Bonchev–Trinajstić information content (AvgIpc) is 2.52. The van der Waals surface area contributed by atoms with Crippen LogP contribution in [0.3, 0.4) is 0 Å². The number of piperidine rings is 1. The second-order valence-corrected chi connectivity index (χ2v) is 5.10. The van der Waals surface area contributed by atoms with Crippen molar-refractivity contribution in [3.05, 3.63) is 35.6 Å². The van der Waals surface area contributed by atoms with Crippen LogP contribution in [0.1, 0.15) is 23.2 Å². The van der Waals surface area contributed by atoms with Gasteiger partial charge in [0, 0.05) is 25.2 Å². The van der Waals surface area contributed by atoms with Crippen molar-refractivity contribution >= 4 is 11.8 Å². The first kappa shape index (κ1) is 15.4. The first-order valence-electron chi connectivity index (χ1n) is 7.19. The molecule has 0 aliphatic carbocycles. The van der Waals surface area contributed by atoms with Gasteiger partial charge >= 0.3 is 0 Å². The Hall–Kier alpha value is -1.95. The summed E-state index contributed by atoms with van der Waals surface area (Å²) >= 11 is 0. The summed E-state index contributed by atoms with van der Waals surface area (Å²) in [4.78, 5) is 23.6. The molecule has 0 radical (unpaired) electrons. The molecule has 1 aromatic carbocycles. The van der Waals surface area contributed by atoms with E-state index in [9.17, 15) is 14.0 Å². The number of hydrogen-bond donors (Lipinski definition) is 3. The number of amides is 2. The molecule has 1 aliphatic rings. The molecule has 5 nitrogen and oxygen atoms in total. The number of carbonyl (C=O) groups excluding carboxylic acids is 2. The van der Waals surface area contributed by atoms with Gasteiger partial charge in [-0.15, -0.1) is 0 Å². The van der Waals surface area contributed by atoms with Crippen molar-refractivity contribution in [2.45, 2.75) is 12.8 Å². The van der Waals surface area contributed by atoms with Gasteiger partial charge in [-0.2, -0.15) is 0 Å². The summed E-state index contributed by atoms with van der Waals surface area (Å²) in [6, 6.07) is 5.34. The fraction of sp³-hybridized carbons (Fsp3) is 0.467. The van der Waals surface area contributed by atoms with Gasteiger partial charge < -0.3 is 16.0 Å². The van der Waals surface area contributed by atoms with Crippen LogP contribution in [-0.4, -0.2) is 38.0 Å². The summed E-state index contributed by atoms with van der Waals surface area (Å²) in [6.45, 7) is 2.43. The molecule has 6 heteroatoms. The number of halogens is 1. The van der Waals surface area contributed by atoms with Crippen LogP contribution >= 0.6 is 0 Å². The highest BCUT2D eigenvalue weighted by atomic mass is 19.1. The van der Waals surface area contributed by atoms with E-state index in [0.717, 1.165) is 19.4 Å². The molecule has 1 aliphatic heterocycles. The second kappa shape index (κ2) is 7.73. The van der Waals surface area contributed by atoms with Crippen molar-refractivity contribution in [1.82, 2.24) is 16.0 Å². The molecule has 1 aromatic rings. The van der Waals surface area contributed by atoms with Crippen LogP contribution < -0.4 is 16.0 Å². The van der Waals surface area contributed by atoms with E-state index in [2.05, 4.69) is 16.0 Å². The molecule has 0 aromatic heterocycles. The third-order valence-electron chi connectivity index (χ3n) is 3.48. The Balaban J connectivity index is 1.66. The lowest BCUT2D eigenvalue weighted by Crippen LogP contribution is -2.42. The minimum atomic E-state index is -0.375. The first-order valence-corrected chi connectivity index (χ1v) is 7.19. The van der Waals surface area contributed by atoms with Crippen LogP contribution in [0.5, 0.6) is 0 Å². The van der Waals surface area contributed by atoms with Crippen molar-refractivity contribution in [3.63, 3.8) is 0 Å². The predicted octanol–water partition coefficient (Wildman–Crippen LogP) is 0.671. The lowest BCUT2D eigenvalue weighted by atomic mass is 9.99. The molecule has 0 bridgehead atoms. The Bertz CT molecular complexity index is 484. The summed E-state index contributed by atoms with van der Waals surface area (Å²) in [7, 11) is 0. The van der Waals surface area contributed by atoms with Gasteiger partial charge in [0.25, 0.3) is 5.91 Å². The van der Waals surface area contributed by atoms with Crippen LogP contribution in [0.2, 0.25) is 0 Å². The number of nitrogens with one attached hydrogen (secondary N) is 3. The van der Waals surface area contributed by atoms with E-state index < -0.39 is 0 Å². The van der Waals surface area contributed by atoms with Gasteiger partial charge in [0.15, 0.2) is 0 Å². The maximum atomic E-state index is 12.7. The third-order valence-corrected chi connectivity index (χ3v) is 3.48. The summed E-state index contributed by atoms with van der Waals surface area (Å²) in [6.07, 6.45) is 1.92. The van der Waals surface area contributed by atoms with E-state index in [-0.39, 0.29) is 23.5 Å². The molecule has 0 saturated carbocycles. The summed E-state index contributed by atoms with van der Waals surface area (Å²) in [5.74, 6) is -0.603. The molecule has 1 atom stereocenters. The Morgan fingerprint density at radius 2 is 1.90 bits per heavy atom. The van der Waals surface area contributed by atoms with Crippen molar-refractivity contribution < 1.29 is 14.0 Å². The van der Waals surface area contributed by atoms with Gasteiger partial charge in [0.1, 0.15) is 5.82 Å².